The molecule has 0 saturated carbocycles. The van der Waals surface area contributed by atoms with Crippen molar-refractivity contribution in [3.05, 3.63) is 42.6 Å². The van der Waals surface area contributed by atoms with E-state index in [4.69, 9.17) is 0 Å². The summed E-state index contributed by atoms with van der Waals surface area (Å²) in [5.74, 6) is 0.460. The molecule has 6 heteroatoms. The van der Waals surface area contributed by atoms with Gasteiger partial charge in [-0.1, -0.05) is 0 Å². The first-order valence-electron chi connectivity index (χ1n) is 10.3. The van der Waals surface area contributed by atoms with E-state index in [1.54, 1.807) is 4.68 Å². The summed E-state index contributed by atoms with van der Waals surface area (Å²) >= 11 is 0. The zero-order chi connectivity index (χ0) is 20.6. The number of ketones is 1. The van der Waals surface area contributed by atoms with Gasteiger partial charge < -0.3 is 0 Å². The van der Waals surface area contributed by atoms with E-state index in [0.717, 1.165) is 53.7 Å². The number of carbonyl (C=O) groups excluding carboxylic acids is 1. The average molecular weight is 392 g/mol. The van der Waals surface area contributed by atoms with Gasteiger partial charge in [0, 0.05) is 60.2 Å². The quantitative estimate of drug-likeness (QED) is 0.679. The summed E-state index contributed by atoms with van der Waals surface area (Å²) in [7, 11) is 1.89. The predicted octanol–water partition coefficient (Wildman–Crippen LogP) is 3.65. The molecule has 0 aliphatic carbocycles. The van der Waals surface area contributed by atoms with Gasteiger partial charge in [-0.3, -0.25) is 24.3 Å². The van der Waals surface area contributed by atoms with Crippen molar-refractivity contribution in [3.8, 4) is 11.3 Å². The van der Waals surface area contributed by atoms with Gasteiger partial charge in [0.05, 0.1) is 11.9 Å². The molecule has 0 atom stereocenters. The minimum atomic E-state index is 0.148. The van der Waals surface area contributed by atoms with Gasteiger partial charge in [0.1, 0.15) is 5.78 Å². The molecule has 0 amide bonds. The number of carbonyl (C=O) groups is 1. The van der Waals surface area contributed by atoms with Crippen LogP contribution < -0.4 is 0 Å². The Labute approximate surface area is 172 Å². The van der Waals surface area contributed by atoms with E-state index in [1.165, 1.54) is 0 Å². The normalized spacial score (nSPS) is 16.4. The van der Waals surface area contributed by atoms with Gasteiger partial charge in [0.25, 0.3) is 0 Å². The monoisotopic (exact) mass is 391 g/mol. The molecule has 0 aromatic carbocycles. The van der Waals surface area contributed by atoms with E-state index in [0.29, 0.717) is 12.2 Å². The van der Waals surface area contributed by atoms with Crippen molar-refractivity contribution in [2.24, 2.45) is 13.0 Å². The Morgan fingerprint density at radius 3 is 2.45 bits per heavy atom. The fourth-order valence-electron chi connectivity index (χ4n) is 4.09. The molecule has 1 fully saturated rings. The molecule has 1 saturated heterocycles. The Hall–Kier alpha value is -2.60. The van der Waals surface area contributed by atoms with Crippen LogP contribution in [0.4, 0.5) is 0 Å². The molecule has 152 valence electrons. The maximum Gasteiger partial charge on any atom is 0.142 e. The molecule has 1 aliphatic heterocycles. The summed E-state index contributed by atoms with van der Waals surface area (Å²) in [6.07, 6.45) is 9.70. The molecule has 0 bridgehead atoms. The SMILES string of the molecule is Cn1cc(-c2cc3cc(CC(=O)C4CCN(C(C)(C)C)CC4)ncc3cn2)cn1. The van der Waals surface area contributed by atoms with Crippen LogP contribution in [0.3, 0.4) is 0 Å². The lowest BCUT2D eigenvalue weighted by Gasteiger charge is -2.40. The summed E-state index contributed by atoms with van der Waals surface area (Å²) < 4.78 is 1.77. The van der Waals surface area contributed by atoms with Crippen molar-refractivity contribution in [2.45, 2.75) is 45.6 Å². The molecule has 1 aliphatic rings. The summed E-state index contributed by atoms with van der Waals surface area (Å²) in [5, 5.41) is 6.25. The van der Waals surface area contributed by atoms with Crippen molar-refractivity contribution in [1.29, 1.82) is 0 Å². The Kier molecular flexibility index (Phi) is 5.21. The van der Waals surface area contributed by atoms with Gasteiger partial charge in [-0.25, -0.2) is 0 Å². The van der Waals surface area contributed by atoms with Crippen molar-refractivity contribution in [2.75, 3.05) is 13.1 Å². The van der Waals surface area contributed by atoms with Crippen LogP contribution in [0.2, 0.25) is 0 Å². The van der Waals surface area contributed by atoms with Crippen LogP contribution >= 0.6 is 0 Å². The molecule has 0 unspecified atom stereocenters. The molecule has 0 N–H and O–H groups in total. The Bertz CT molecular complexity index is 1030. The number of nitrogens with zero attached hydrogens (tertiary/aromatic N) is 5. The van der Waals surface area contributed by atoms with Gasteiger partial charge in [-0.05, 0) is 64.2 Å². The summed E-state index contributed by atoms with van der Waals surface area (Å²) in [5.41, 5.74) is 2.87. The van der Waals surface area contributed by atoms with Gasteiger partial charge in [0.2, 0.25) is 0 Å². The second-order valence-corrected chi connectivity index (χ2v) is 9.07. The summed E-state index contributed by atoms with van der Waals surface area (Å²) in [4.78, 5) is 24.4. The highest BCUT2D eigenvalue weighted by Gasteiger charge is 2.30. The van der Waals surface area contributed by atoms with Crippen LogP contribution in [0.1, 0.15) is 39.3 Å². The molecular weight excluding hydrogens is 362 g/mol. The number of hydrogen-bond acceptors (Lipinski definition) is 5. The first kappa shape index (κ1) is 19.7. The maximum absolute atomic E-state index is 12.9. The first-order chi connectivity index (χ1) is 13.8. The van der Waals surface area contributed by atoms with Gasteiger partial charge in [-0.15, -0.1) is 0 Å². The topological polar surface area (TPSA) is 63.9 Å². The molecule has 0 spiro atoms. The lowest BCUT2D eigenvalue weighted by Crippen LogP contribution is -2.47. The molecule has 0 radical (unpaired) electrons. The Balaban J connectivity index is 1.47. The second kappa shape index (κ2) is 7.67. The molecule has 3 aromatic rings. The first-order valence-corrected chi connectivity index (χ1v) is 10.3. The molecule has 3 aromatic heterocycles. The van der Waals surface area contributed by atoms with Crippen LogP contribution in [0, 0.1) is 5.92 Å². The van der Waals surface area contributed by atoms with Crippen molar-refractivity contribution >= 4 is 16.6 Å². The van der Waals surface area contributed by atoms with Crippen LogP contribution in [-0.4, -0.2) is 49.1 Å². The van der Waals surface area contributed by atoms with E-state index < -0.39 is 0 Å². The largest absolute Gasteiger partial charge is 0.299 e. The Morgan fingerprint density at radius 2 is 1.79 bits per heavy atom. The van der Waals surface area contributed by atoms with Gasteiger partial charge in [-0.2, -0.15) is 5.10 Å². The van der Waals surface area contributed by atoms with E-state index >= 15 is 0 Å². The smallest absolute Gasteiger partial charge is 0.142 e. The van der Waals surface area contributed by atoms with Crippen LogP contribution in [0.5, 0.6) is 0 Å². The minimum Gasteiger partial charge on any atom is -0.299 e. The van der Waals surface area contributed by atoms with E-state index in [-0.39, 0.29) is 11.5 Å². The van der Waals surface area contributed by atoms with Crippen LogP contribution in [0.25, 0.3) is 22.0 Å². The molecule has 29 heavy (non-hydrogen) atoms. The third-order valence-corrected chi connectivity index (χ3v) is 5.91. The average Bonchev–Trinajstić information content (AvgIpc) is 3.13. The summed E-state index contributed by atoms with van der Waals surface area (Å²) in [6, 6.07) is 4.07. The molecule has 4 heterocycles. The number of pyridine rings is 2. The number of aryl methyl sites for hydroxylation is 1. The van der Waals surface area contributed by atoms with E-state index in [1.807, 2.05) is 44.0 Å². The van der Waals surface area contributed by atoms with Crippen LogP contribution in [-0.2, 0) is 18.3 Å². The number of likely N-dealkylation sites (tertiary alicyclic amines) is 1. The number of piperidine rings is 1. The van der Waals surface area contributed by atoms with E-state index in [9.17, 15) is 4.79 Å². The number of aromatic nitrogens is 4. The Morgan fingerprint density at radius 1 is 1.07 bits per heavy atom. The van der Waals surface area contributed by atoms with Crippen molar-refractivity contribution in [3.63, 3.8) is 0 Å². The van der Waals surface area contributed by atoms with Gasteiger partial charge >= 0.3 is 0 Å². The number of rotatable bonds is 4. The van der Waals surface area contributed by atoms with Crippen LogP contribution in [0.15, 0.2) is 36.9 Å². The van der Waals surface area contributed by atoms with E-state index in [2.05, 4.69) is 40.7 Å². The fourth-order valence-corrected chi connectivity index (χ4v) is 4.09. The zero-order valence-electron chi connectivity index (χ0n) is 17.7. The number of fused-ring (bicyclic) bond motifs is 1. The lowest BCUT2D eigenvalue weighted by molar-refractivity contribution is -0.124. The highest BCUT2D eigenvalue weighted by atomic mass is 16.1. The lowest BCUT2D eigenvalue weighted by atomic mass is 9.88. The molecule has 6 nitrogen and oxygen atoms in total. The molecular formula is C23H29N5O. The third kappa shape index (κ3) is 4.37. The zero-order valence-corrected chi connectivity index (χ0v) is 17.7. The van der Waals surface area contributed by atoms with Crippen molar-refractivity contribution < 1.29 is 4.79 Å². The highest BCUT2D eigenvalue weighted by molar-refractivity contribution is 5.87. The van der Waals surface area contributed by atoms with Crippen molar-refractivity contribution in [1.82, 2.24) is 24.6 Å². The summed E-state index contributed by atoms with van der Waals surface area (Å²) in [6.45, 7) is 8.70. The standard InChI is InChI=1S/C23H29N5O/c1-23(2,3)28-7-5-16(6-8-28)22(29)11-20-9-17-10-21(19-14-26-27(4)15-19)25-13-18(17)12-24-20/h9-10,12-16H,5-8,11H2,1-4H3. The minimum absolute atomic E-state index is 0.148. The van der Waals surface area contributed by atoms with Gasteiger partial charge in [0.15, 0.2) is 0 Å². The third-order valence-electron chi connectivity index (χ3n) is 5.91. The predicted molar refractivity (Wildman–Crippen MR) is 115 cm³/mol. The molecule has 4 rings (SSSR count). The number of Topliss-reactive ketones (excluding diaryl/α,β-unsaturated/α-hetero) is 1. The second-order valence-electron chi connectivity index (χ2n) is 9.07. The number of hydrogen-bond donors (Lipinski definition) is 0. The fraction of sp³-hybridized carbons (Fsp3) is 0.478. The highest BCUT2D eigenvalue weighted by Crippen LogP contribution is 2.26. The maximum atomic E-state index is 12.9.